The van der Waals surface area contributed by atoms with Gasteiger partial charge in [-0.15, -0.1) is 0 Å². The van der Waals surface area contributed by atoms with E-state index >= 15 is 0 Å². The van der Waals surface area contributed by atoms with Crippen LogP contribution in [0.1, 0.15) is 48.3 Å². The van der Waals surface area contributed by atoms with Crippen LogP contribution in [0.4, 0.5) is 14.6 Å². The number of fused-ring (bicyclic) bond motifs is 1. The normalized spacial score (nSPS) is 14.1. The summed E-state index contributed by atoms with van der Waals surface area (Å²) in [6.07, 6.45) is -1.10. The lowest BCUT2D eigenvalue weighted by molar-refractivity contribution is -0.118. The molecule has 9 heteroatoms. The van der Waals surface area contributed by atoms with E-state index in [0.29, 0.717) is 22.7 Å². The molecule has 0 bridgehead atoms. The molecule has 2 heterocycles. The van der Waals surface area contributed by atoms with E-state index < -0.39 is 13.0 Å². The lowest BCUT2D eigenvalue weighted by Crippen LogP contribution is -2.27. The fourth-order valence-electron chi connectivity index (χ4n) is 3.33. The third-order valence-electron chi connectivity index (χ3n) is 5.14. The highest BCUT2D eigenvalue weighted by molar-refractivity contribution is 6.01. The molecule has 1 unspecified atom stereocenters. The van der Waals surface area contributed by atoms with Gasteiger partial charge in [-0.05, 0) is 30.7 Å². The van der Waals surface area contributed by atoms with Crippen molar-refractivity contribution in [2.45, 2.75) is 39.8 Å². The Labute approximate surface area is 179 Å². The van der Waals surface area contributed by atoms with Crippen molar-refractivity contribution in [3.63, 3.8) is 0 Å². The maximum atomic E-state index is 13.0. The van der Waals surface area contributed by atoms with Gasteiger partial charge in [0, 0.05) is 23.2 Å². The number of anilines is 1. The summed E-state index contributed by atoms with van der Waals surface area (Å²) in [6.45, 7) is 4.96. The molecule has 1 N–H and O–H groups in total. The Kier molecular flexibility index (Phi) is 6.72. The second kappa shape index (κ2) is 9.28. The minimum Gasteiger partial charge on any atom is -0.493 e. The standard InChI is InChI=1S/C22H25F2N3O4/c1-12(2)21(28)26-20-16-10-27(22(29)15(16)7-8-25-20)13(3)14-5-6-17(18(9-14)30-4)31-11-19(23)24/h5-9,12-13,19H,10-11H2,1-4H3,(H,25,26,28). The number of nitrogens with one attached hydrogen (secondary N) is 1. The van der Waals surface area contributed by atoms with Crippen LogP contribution in [0.25, 0.3) is 0 Å². The molecule has 7 nitrogen and oxygen atoms in total. The zero-order chi connectivity index (χ0) is 22.7. The summed E-state index contributed by atoms with van der Waals surface area (Å²) in [5.74, 6) is 0.319. The summed E-state index contributed by atoms with van der Waals surface area (Å²) in [5.41, 5.74) is 1.91. The number of aromatic nitrogens is 1. The molecule has 0 aliphatic carbocycles. The maximum Gasteiger partial charge on any atom is 0.272 e. The summed E-state index contributed by atoms with van der Waals surface area (Å²) in [4.78, 5) is 31.0. The van der Waals surface area contributed by atoms with Crippen LogP contribution in [-0.2, 0) is 11.3 Å². The van der Waals surface area contributed by atoms with E-state index in [4.69, 9.17) is 9.47 Å². The summed E-state index contributed by atoms with van der Waals surface area (Å²) >= 11 is 0. The largest absolute Gasteiger partial charge is 0.493 e. The monoisotopic (exact) mass is 433 g/mol. The van der Waals surface area contributed by atoms with E-state index in [-0.39, 0.29) is 36.1 Å². The molecule has 1 aliphatic rings. The zero-order valence-electron chi connectivity index (χ0n) is 17.8. The van der Waals surface area contributed by atoms with E-state index in [1.807, 2.05) is 6.92 Å². The number of carbonyl (C=O) groups excluding carboxylic acids is 2. The van der Waals surface area contributed by atoms with E-state index in [1.54, 1.807) is 43.0 Å². The number of amides is 2. The topological polar surface area (TPSA) is 80.8 Å². The van der Waals surface area contributed by atoms with Crippen molar-refractivity contribution < 1.29 is 27.8 Å². The number of halogens is 2. The Morgan fingerprint density at radius 2 is 1.97 bits per heavy atom. The van der Waals surface area contributed by atoms with Crippen LogP contribution in [0, 0.1) is 5.92 Å². The van der Waals surface area contributed by atoms with Crippen LogP contribution >= 0.6 is 0 Å². The van der Waals surface area contributed by atoms with Crippen LogP contribution in [0.3, 0.4) is 0 Å². The van der Waals surface area contributed by atoms with Gasteiger partial charge in [0.2, 0.25) is 5.91 Å². The number of pyridine rings is 1. The van der Waals surface area contributed by atoms with Crippen LogP contribution in [0.15, 0.2) is 30.5 Å². The molecule has 1 aromatic heterocycles. The fraction of sp³-hybridized carbons (Fsp3) is 0.409. The Balaban J connectivity index is 1.83. The summed E-state index contributed by atoms with van der Waals surface area (Å²) in [5, 5.41) is 2.78. The Hall–Kier alpha value is -3.23. The first-order chi connectivity index (χ1) is 14.7. The van der Waals surface area contributed by atoms with Crippen molar-refractivity contribution >= 4 is 17.6 Å². The SMILES string of the molecule is COc1cc(C(C)N2Cc3c(ccnc3NC(=O)C(C)C)C2=O)ccc1OCC(F)F. The number of benzene rings is 1. The van der Waals surface area contributed by atoms with E-state index in [0.717, 1.165) is 5.56 Å². The quantitative estimate of drug-likeness (QED) is 0.680. The predicted octanol–water partition coefficient (Wildman–Crippen LogP) is 4.05. The highest BCUT2D eigenvalue weighted by Crippen LogP contribution is 2.37. The van der Waals surface area contributed by atoms with Gasteiger partial charge in [0.25, 0.3) is 12.3 Å². The molecule has 1 aromatic carbocycles. The molecule has 0 fully saturated rings. The van der Waals surface area contributed by atoms with Gasteiger partial charge < -0.3 is 19.7 Å². The molecule has 1 atom stereocenters. The summed E-state index contributed by atoms with van der Waals surface area (Å²) in [6, 6.07) is 6.23. The minimum atomic E-state index is -2.59. The molecule has 0 saturated heterocycles. The van der Waals surface area contributed by atoms with Crippen molar-refractivity contribution in [2.24, 2.45) is 5.92 Å². The van der Waals surface area contributed by atoms with Gasteiger partial charge in [-0.2, -0.15) is 0 Å². The highest BCUT2D eigenvalue weighted by atomic mass is 19.3. The lowest BCUT2D eigenvalue weighted by Gasteiger charge is -2.25. The van der Waals surface area contributed by atoms with E-state index in [2.05, 4.69) is 10.3 Å². The zero-order valence-corrected chi connectivity index (χ0v) is 17.8. The van der Waals surface area contributed by atoms with Crippen LogP contribution in [0.5, 0.6) is 11.5 Å². The van der Waals surface area contributed by atoms with Crippen molar-refractivity contribution in [2.75, 3.05) is 19.0 Å². The molecule has 166 valence electrons. The van der Waals surface area contributed by atoms with Gasteiger partial charge in [-0.3, -0.25) is 9.59 Å². The van der Waals surface area contributed by atoms with Crippen LogP contribution in [-0.4, -0.2) is 41.8 Å². The second-order valence-corrected chi connectivity index (χ2v) is 7.55. The number of alkyl halides is 2. The van der Waals surface area contributed by atoms with E-state index in [1.165, 1.54) is 13.3 Å². The first kappa shape index (κ1) is 22.5. The van der Waals surface area contributed by atoms with Crippen molar-refractivity contribution in [3.05, 3.63) is 47.2 Å². The third-order valence-corrected chi connectivity index (χ3v) is 5.14. The lowest BCUT2D eigenvalue weighted by atomic mass is 10.1. The molecule has 2 aromatic rings. The third kappa shape index (κ3) is 4.76. The average Bonchev–Trinajstić information content (AvgIpc) is 3.09. The Bertz CT molecular complexity index is 981. The molecular weight excluding hydrogens is 408 g/mol. The van der Waals surface area contributed by atoms with Gasteiger partial charge in [-0.1, -0.05) is 19.9 Å². The predicted molar refractivity (Wildman–Crippen MR) is 110 cm³/mol. The molecule has 0 spiro atoms. The number of nitrogens with zero attached hydrogens (tertiary/aromatic N) is 2. The van der Waals surface area contributed by atoms with Crippen molar-refractivity contribution in [1.29, 1.82) is 0 Å². The van der Waals surface area contributed by atoms with Crippen molar-refractivity contribution in [1.82, 2.24) is 9.88 Å². The molecule has 31 heavy (non-hydrogen) atoms. The van der Waals surface area contributed by atoms with Gasteiger partial charge in [0.05, 0.1) is 19.7 Å². The highest BCUT2D eigenvalue weighted by Gasteiger charge is 2.34. The number of ether oxygens (including phenoxy) is 2. The number of hydrogen-bond donors (Lipinski definition) is 1. The van der Waals surface area contributed by atoms with Gasteiger partial charge in [-0.25, -0.2) is 13.8 Å². The number of carbonyl (C=O) groups is 2. The van der Waals surface area contributed by atoms with E-state index in [9.17, 15) is 18.4 Å². The molecule has 2 amide bonds. The van der Waals surface area contributed by atoms with Crippen LogP contribution in [0.2, 0.25) is 0 Å². The fourth-order valence-corrected chi connectivity index (χ4v) is 3.33. The van der Waals surface area contributed by atoms with Gasteiger partial charge in [0.15, 0.2) is 11.5 Å². The number of methoxy groups -OCH3 is 1. The average molecular weight is 433 g/mol. The molecular formula is C22H25F2N3O4. The summed E-state index contributed by atoms with van der Waals surface area (Å²) < 4.78 is 35.3. The van der Waals surface area contributed by atoms with Crippen LogP contribution < -0.4 is 14.8 Å². The number of hydrogen-bond acceptors (Lipinski definition) is 5. The van der Waals surface area contributed by atoms with Gasteiger partial charge >= 0.3 is 0 Å². The van der Waals surface area contributed by atoms with Crippen molar-refractivity contribution in [3.8, 4) is 11.5 Å². The minimum absolute atomic E-state index is 0.177. The first-order valence-electron chi connectivity index (χ1n) is 9.91. The maximum absolute atomic E-state index is 13.0. The molecule has 0 radical (unpaired) electrons. The second-order valence-electron chi connectivity index (χ2n) is 7.55. The molecule has 1 aliphatic heterocycles. The number of rotatable bonds is 8. The Morgan fingerprint density at radius 1 is 1.23 bits per heavy atom. The smallest absolute Gasteiger partial charge is 0.272 e. The first-order valence-corrected chi connectivity index (χ1v) is 9.91. The summed E-state index contributed by atoms with van der Waals surface area (Å²) in [7, 11) is 1.42. The Morgan fingerprint density at radius 3 is 2.61 bits per heavy atom. The molecule has 0 saturated carbocycles. The molecule has 3 rings (SSSR count). The van der Waals surface area contributed by atoms with Gasteiger partial charge in [0.1, 0.15) is 12.4 Å².